The number of benzene rings is 3. The smallest absolute Gasteiger partial charge is 0.306 e. The van der Waals surface area contributed by atoms with E-state index in [0.717, 1.165) is 23.5 Å². The number of anilines is 1. The van der Waals surface area contributed by atoms with Gasteiger partial charge in [0, 0.05) is 30.8 Å². The first-order chi connectivity index (χ1) is 22.9. The monoisotopic (exact) mass is 672 g/mol. The van der Waals surface area contributed by atoms with Crippen LogP contribution in [0.25, 0.3) is 0 Å². The molecule has 0 heterocycles. The van der Waals surface area contributed by atoms with Crippen molar-refractivity contribution in [3.8, 4) is 5.75 Å². The summed E-state index contributed by atoms with van der Waals surface area (Å²) in [6, 6.07) is 19.3. The fourth-order valence-corrected chi connectivity index (χ4v) is 4.38. The zero-order chi connectivity index (χ0) is 33.7. The maximum Gasteiger partial charge on any atom is 0.306 e. The van der Waals surface area contributed by atoms with Crippen LogP contribution in [-0.2, 0) is 30.2 Å². The maximum absolute atomic E-state index is 12.0. The number of ether oxygens (including phenoxy) is 5. The summed E-state index contributed by atoms with van der Waals surface area (Å²) in [4.78, 5) is 24.6. The lowest BCUT2D eigenvalue weighted by Gasteiger charge is -2.23. The third-order valence-corrected chi connectivity index (χ3v) is 6.96. The molecule has 0 fully saturated rings. The van der Waals surface area contributed by atoms with Gasteiger partial charge in [-0.15, -0.1) is 5.11 Å². The lowest BCUT2D eigenvalue weighted by molar-refractivity contribution is -0.384. The first kappa shape index (κ1) is 37.3. The van der Waals surface area contributed by atoms with Gasteiger partial charge in [0.05, 0.1) is 68.4 Å². The average molecular weight is 673 g/mol. The van der Waals surface area contributed by atoms with Crippen molar-refractivity contribution in [3.63, 3.8) is 0 Å². The standard InChI is InChI=1S/C33H41ClN4O9/c1-2-37(28-8-6-27(7-9-28)35-36-32-13-10-29(38(41)42)25-31(32)34)15-17-46-30-11-3-26(4-12-30)5-14-33(40)47-24-23-45-22-21-44-20-19-43-18-16-39/h3-4,6-13,25,39H,2,5,14-24H2,1H3. The van der Waals surface area contributed by atoms with E-state index in [4.69, 9.17) is 40.4 Å². The molecule has 0 saturated carbocycles. The number of rotatable bonds is 23. The highest BCUT2D eigenvalue weighted by molar-refractivity contribution is 6.33. The second kappa shape index (κ2) is 21.6. The van der Waals surface area contributed by atoms with Crippen molar-refractivity contribution in [2.45, 2.75) is 19.8 Å². The Labute approximate surface area is 279 Å². The maximum atomic E-state index is 12.0. The Bertz CT molecular complexity index is 1390. The number of carbonyl (C=O) groups excluding carboxylic acids is 1. The van der Waals surface area contributed by atoms with Crippen molar-refractivity contribution < 1.29 is 38.5 Å². The van der Waals surface area contributed by atoms with Gasteiger partial charge in [0.15, 0.2) is 0 Å². The Morgan fingerprint density at radius 1 is 0.872 bits per heavy atom. The number of azo groups is 1. The number of nitro benzene ring substituents is 1. The van der Waals surface area contributed by atoms with Crippen LogP contribution >= 0.6 is 11.6 Å². The van der Waals surface area contributed by atoms with E-state index in [1.54, 1.807) is 0 Å². The summed E-state index contributed by atoms with van der Waals surface area (Å²) < 4.78 is 27.0. The Kier molecular flexibility index (Phi) is 17.2. The summed E-state index contributed by atoms with van der Waals surface area (Å²) in [7, 11) is 0. The van der Waals surface area contributed by atoms with Crippen LogP contribution in [-0.4, -0.2) is 88.6 Å². The molecule has 0 aliphatic rings. The predicted octanol–water partition coefficient (Wildman–Crippen LogP) is 6.09. The zero-order valence-electron chi connectivity index (χ0n) is 26.4. The van der Waals surface area contributed by atoms with Gasteiger partial charge in [-0.2, -0.15) is 5.11 Å². The molecule has 3 aromatic rings. The summed E-state index contributed by atoms with van der Waals surface area (Å²) in [5, 5.41) is 27.9. The Hall–Kier alpha value is -4.14. The number of aliphatic hydroxyl groups excluding tert-OH is 1. The Balaban J connectivity index is 1.31. The molecule has 14 heteroatoms. The topological polar surface area (TPSA) is 155 Å². The van der Waals surface area contributed by atoms with E-state index in [-0.39, 0.29) is 36.3 Å². The number of carbonyl (C=O) groups is 1. The van der Waals surface area contributed by atoms with Crippen LogP contribution in [0.15, 0.2) is 77.0 Å². The lowest BCUT2D eigenvalue weighted by Crippen LogP contribution is -2.27. The van der Waals surface area contributed by atoms with Gasteiger partial charge in [-0.05, 0) is 61.4 Å². The van der Waals surface area contributed by atoms with Crippen LogP contribution in [0.5, 0.6) is 5.75 Å². The van der Waals surface area contributed by atoms with E-state index in [2.05, 4.69) is 22.1 Å². The first-order valence-corrected chi connectivity index (χ1v) is 15.7. The molecule has 3 rings (SSSR count). The minimum atomic E-state index is -0.516. The second-order valence-corrected chi connectivity index (χ2v) is 10.4. The molecule has 0 spiro atoms. The van der Waals surface area contributed by atoms with E-state index in [0.29, 0.717) is 70.6 Å². The molecule has 47 heavy (non-hydrogen) atoms. The molecular weight excluding hydrogens is 632 g/mol. The summed E-state index contributed by atoms with van der Waals surface area (Å²) in [6.45, 7) is 6.45. The fourth-order valence-electron chi connectivity index (χ4n) is 4.17. The van der Waals surface area contributed by atoms with E-state index < -0.39 is 4.92 Å². The van der Waals surface area contributed by atoms with Gasteiger partial charge in [0.1, 0.15) is 24.7 Å². The molecular formula is C33H41ClN4O9. The molecule has 0 unspecified atom stereocenters. The number of esters is 1. The molecule has 0 atom stereocenters. The van der Waals surface area contributed by atoms with Crippen LogP contribution in [0.4, 0.5) is 22.7 Å². The molecule has 0 aliphatic heterocycles. The van der Waals surface area contributed by atoms with Crippen LogP contribution in [0.3, 0.4) is 0 Å². The molecule has 3 aromatic carbocycles. The summed E-state index contributed by atoms with van der Waals surface area (Å²) in [5.41, 5.74) is 2.87. The van der Waals surface area contributed by atoms with Gasteiger partial charge >= 0.3 is 5.97 Å². The molecule has 0 aliphatic carbocycles. The quantitative estimate of drug-likeness (QED) is 0.0412. The predicted molar refractivity (Wildman–Crippen MR) is 177 cm³/mol. The van der Waals surface area contributed by atoms with Crippen LogP contribution in [0.2, 0.25) is 5.02 Å². The highest BCUT2D eigenvalue weighted by Crippen LogP contribution is 2.30. The zero-order valence-corrected chi connectivity index (χ0v) is 27.2. The highest BCUT2D eigenvalue weighted by atomic mass is 35.5. The number of halogens is 1. The van der Waals surface area contributed by atoms with Crippen LogP contribution < -0.4 is 9.64 Å². The van der Waals surface area contributed by atoms with Crippen molar-refractivity contribution in [1.82, 2.24) is 0 Å². The minimum Gasteiger partial charge on any atom is -0.492 e. The number of hydrogen-bond donors (Lipinski definition) is 1. The number of non-ortho nitro benzene ring substituents is 1. The largest absolute Gasteiger partial charge is 0.492 e. The Morgan fingerprint density at radius 2 is 1.53 bits per heavy atom. The summed E-state index contributed by atoms with van der Waals surface area (Å²) in [5.74, 6) is 0.461. The number of aryl methyl sites for hydroxylation is 1. The van der Waals surface area contributed by atoms with Crippen molar-refractivity contribution in [3.05, 3.63) is 87.4 Å². The second-order valence-electron chi connectivity index (χ2n) is 9.96. The molecule has 0 bridgehead atoms. The SMILES string of the molecule is CCN(CCOc1ccc(CCC(=O)OCCOCCOCCOCCO)cc1)c1ccc(N=Nc2ccc([N+](=O)[O-])cc2Cl)cc1. The number of likely N-dealkylation sites (N-methyl/N-ethyl adjacent to an activating group) is 1. The summed E-state index contributed by atoms with van der Waals surface area (Å²) in [6.07, 6.45) is 0.833. The first-order valence-electron chi connectivity index (χ1n) is 15.3. The van der Waals surface area contributed by atoms with E-state index in [9.17, 15) is 14.9 Å². The van der Waals surface area contributed by atoms with Crippen molar-refractivity contribution in [1.29, 1.82) is 0 Å². The highest BCUT2D eigenvalue weighted by Gasteiger charge is 2.10. The van der Waals surface area contributed by atoms with Gasteiger partial charge < -0.3 is 33.7 Å². The molecule has 1 N–H and O–H groups in total. The van der Waals surface area contributed by atoms with Crippen LogP contribution in [0, 0.1) is 10.1 Å². The van der Waals surface area contributed by atoms with Crippen molar-refractivity contribution in [2.75, 3.05) is 77.5 Å². The molecule has 0 radical (unpaired) electrons. The third kappa shape index (κ3) is 14.4. The Morgan fingerprint density at radius 3 is 2.15 bits per heavy atom. The average Bonchev–Trinajstić information content (AvgIpc) is 3.08. The van der Waals surface area contributed by atoms with E-state index in [1.807, 2.05) is 48.5 Å². The molecule has 0 amide bonds. The number of nitro groups is 1. The number of nitrogens with zero attached hydrogens (tertiary/aromatic N) is 4. The van der Waals surface area contributed by atoms with E-state index >= 15 is 0 Å². The molecule has 0 saturated heterocycles. The summed E-state index contributed by atoms with van der Waals surface area (Å²) >= 11 is 6.09. The molecule has 0 aromatic heterocycles. The number of aliphatic hydroxyl groups is 1. The van der Waals surface area contributed by atoms with Gasteiger partial charge in [0.25, 0.3) is 5.69 Å². The number of hydrogen-bond acceptors (Lipinski definition) is 12. The van der Waals surface area contributed by atoms with Crippen molar-refractivity contribution >= 4 is 40.3 Å². The van der Waals surface area contributed by atoms with Gasteiger partial charge in [0.2, 0.25) is 0 Å². The van der Waals surface area contributed by atoms with Gasteiger partial charge in [-0.25, -0.2) is 0 Å². The van der Waals surface area contributed by atoms with Gasteiger partial charge in [-0.3, -0.25) is 14.9 Å². The van der Waals surface area contributed by atoms with E-state index in [1.165, 1.54) is 18.2 Å². The minimum absolute atomic E-state index is 0.00607. The van der Waals surface area contributed by atoms with Crippen LogP contribution in [0.1, 0.15) is 18.9 Å². The van der Waals surface area contributed by atoms with Crippen molar-refractivity contribution in [2.24, 2.45) is 10.2 Å². The lowest BCUT2D eigenvalue weighted by atomic mass is 10.1. The molecule has 13 nitrogen and oxygen atoms in total. The normalized spacial score (nSPS) is 11.1. The molecule has 254 valence electrons. The third-order valence-electron chi connectivity index (χ3n) is 6.65. The van der Waals surface area contributed by atoms with Gasteiger partial charge in [-0.1, -0.05) is 23.7 Å². The fraction of sp³-hybridized carbons (Fsp3) is 0.424.